The molecule has 0 aliphatic carbocycles. The molecule has 0 saturated heterocycles. The molecule has 0 aromatic heterocycles. The van der Waals surface area contributed by atoms with E-state index in [2.05, 4.69) is 4.74 Å². The summed E-state index contributed by atoms with van der Waals surface area (Å²) >= 11 is 0. The van der Waals surface area contributed by atoms with E-state index in [0.29, 0.717) is 5.56 Å². The summed E-state index contributed by atoms with van der Waals surface area (Å²) in [6.45, 7) is 1.34. The lowest BCUT2D eigenvalue weighted by molar-refractivity contribution is -0.274. The van der Waals surface area contributed by atoms with Gasteiger partial charge in [-0.2, -0.15) is 0 Å². The Morgan fingerprint density at radius 2 is 1.76 bits per heavy atom. The third-order valence-corrected chi connectivity index (χ3v) is 2.02. The van der Waals surface area contributed by atoms with Crippen molar-refractivity contribution in [3.05, 3.63) is 29.8 Å². The molecular formula is C11H11F3O3. The smallest absolute Gasteiger partial charge is 0.406 e. The first-order valence-electron chi connectivity index (χ1n) is 4.72. The zero-order valence-corrected chi connectivity index (χ0v) is 9.25. The highest BCUT2D eigenvalue weighted by atomic mass is 19.4. The number of ether oxygens (including phenoxy) is 2. The third-order valence-electron chi connectivity index (χ3n) is 2.02. The van der Waals surface area contributed by atoms with Crippen molar-refractivity contribution in [1.82, 2.24) is 0 Å². The number of hydrogen-bond donors (Lipinski definition) is 0. The van der Waals surface area contributed by atoms with Gasteiger partial charge in [0.05, 0.1) is 0 Å². The number of carbonyl (C=O) groups is 1. The number of rotatable bonds is 4. The second-order valence-electron chi connectivity index (χ2n) is 3.34. The van der Waals surface area contributed by atoms with E-state index in [1.807, 2.05) is 0 Å². The van der Waals surface area contributed by atoms with Crippen LogP contribution in [0.15, 0.2) is 24.3 Å². The van der Waals surface area contributed by atoms with Gasteiger partial charge in [-0.3, -0.25) is 4.79 Å². The molecule has 0 amide bonds. The van der Waals surface area contributed by atoms with Gasteiger partial charge in [-0.05, 0) is 24.6 Å². The molecule has 0 bridgehead atoms. The van der Waals surface area contributed by atoms with E-state index in [1.165, 1.54) is 26.2 Å². The summed E-state index contributed by atoms with van der Waals surface area (Å²) in [7, 11) is 1.35. The molecule has 0 N–H and O–H groups in total. The molecule has 1 aromatic carbocycles. The summed E-state index contributed by atoms with van der Waals surface area (Å²) in [5.74, 6) is -0.559. The van der Waals surface area contributed by atoms with Crippen molar-refractivity contribution in [2.75, 3.05) is 7.11 Å². The maximum Gasteiger partial charge on any atom is 0.573 e. The van der Waals surface area contributed by atoms with Crippen molar-refractivity contribution in [3.63, 3.8) is 0 Å². The first-order chi connectivity index (χ1) is 7.83. The summed E-state index contributed by atoms with van der Waals surface area (Å²) in [5, 5.41) is 0. The maximum absolute atomic E-state index is 11.9. The molecule has 94 valence electrons. The van der Waals surface area contributed by atoms with Crippen molar-refractivity contribution in [1.29, 1.82) is 0 Å². The predicted molar refractivity (Wildman–Crippen MR) is 53.6 cm³/mol. The van der Waals surface area contributed by atoms with Gasteiger partial charge in [0, 0.05) is 7.11 Å². The summed E-state index contributed by atoms with van der Waals surface area (Å²) < 4.78 is 44.3. The number of alkyl halides is 3. The number of benzene rings is 1. The Kier molecular flexibility index (Phi) is 4.11. The first kappa shape index (κ1) is 13.5. The van der Waals surface area contributed by atoms with Crippen LogP contribution in [-0.4, -0.2) is 19.3 Å². The monoisotopic (exact) mass is 248 g/mol. The Hall–Kier alpha value is -1.56. The van der Waals surface area contributed by atoms with Gasteiger partial charge < -0.3 is 9.47 Å². The highest BCUT2D eigenvalue weighted by Crippen LogP contribution is 2.25. The average Bonchev–Trinajstić information content (AvgIpc) is 2.18. The predicted octanol–water partition coefficient (Wildman–Crippen LogP) is 2.86. The zero-order valence-electron chi connectivity index (χ0n) is 9.25. The van der Waals surface area contributed by atoms with Gasteiger partial charge >= 0.3 is 6.36 Å². The van der Waals surface area contributed by atoms with Crippen molar-refractivity contribution in [2.24, 2.45) is 0 Å². The Balaban J connectivity index is 2.84. The van der Waals surface area contributed by atoms with Gasteiger partial charge in [0.25, 0.3) is 0 Å². The molecule has 3 nitrogen and oxygen atoms in total. The van der Waals surface area contributed by atoms with Crippen LogP contribution in [0.4, 0.5) is 13.2 Å². The molecular weight excluding hydrogens is 237 g/mol. The lowest BCUT2D eigenvalue weighted by Crippen LogP contribution is -2.17. The molecule has 0 saturated carbocycles. The van der Waals surface area contributed by atoms with Crippen LogP contribution >= 0.6 is 0 Å². The summed E-state index contributed by atoms with van der Waals surface area (Å²) in [6, 6.07) is 4.99. The maximum atomic E-state index is 11.9. The molecule has 1 rings (SSSR count). The van der Waals surface area contributed by atoms with Gasteiger partial charge in [0.15, 0.2) is 5.78 Å². The molecule has 17 heavy (non-hydrogen) atoms. The lowest BCUT2D eigenvalue weighted by atomic mass is 10.1. The van der Waals surface area contributed by atoms with Gasteiger partial charge in [-0.15, -0.1) is 13.2 Å². The van der Waals surface area contributed by atoms with E-state index in [4.69, 9.17) is 4.74 Å². The fraction of sp³-hybridized carbons (Fsp3) is 0.364. The molecule has 1 atom stereocenters. The van der Waals surface area contributed by atoms with Crippen molar-refractivity contribution >= 4 is 5.78 Å². The summed E-state index contributed by atoms with van der Waals surface area (Å²) in [5.41, 5.74) is 0.481. The molecule has 6 heteroatoms. The topological polar surface area (TPSA) is 35.5 Å². The van der Waals surface area contributed by atoms with E-state index in [-0.39, 0.29) is 11.5 Å². The van der Waals surface area contributed by atoms with Gasteiger partial charge in [0.2, 0.25) is 0 Å². The molecule has 1 unspecified atom stereocenters. The van der Waals surface area contributed by atoms with Crippen LogP contribution in [0.3, 0.4) is 0 Å². The number of halogens is 3. The highest BCUT2D eigenvalue weighted by molar-refractivity contribution is 5.81. The Bertz CT molecular complexity index is 384. The van der Waals surface area contributed by atoms with Crippen molar-refractivity contribution in [2.45, 2.75) is 19.4 Å². The fourth-order valence-electron chi connectivity index (χ4n) is 1.38. The fourth-order valence-corrected chi connectivity index (χ4v) is 1.38. The van der Waals surface area contributed by atoms with Crippen molar-refractivity contribution < 1.29 is 27.4 Å². The van der Waals surface area contributed by atoms with Gasteiger partial charge in [0.1, 0.15) is 11.9 Å². The first-order valence-corrected chi connectivity index (χ1v) is 4.72. The minimum Gasteiger partial charge on any atom is -0.406 e. The van der Waals surface area contributed by atoms with E-state index in [1.54, 1.807) is 0 Å². The standard InChI is InChI=1S/C11H11F3O3/c1-7(15)10(16-2)8-3-5-9(6-4-8)17-11(12,13)14/h3-6,10H,1-2H3. The molecule has 0 heterocycles. The van der Waals surface area contributed by atoms with Crippen molar-refractivity contribution in [3.8, 4) is 5.75 Å². The SMILES string of the molecule is COC(C(C)=O)c1ccc(OC(F)(F)F)cc1. The van der Waals surface area contributed by atoms with Crippen LogP contribution in [0.5, 0.6) is 5.75 Å². The van der Waals surface area contributed by atoms with E-state index >= 15 is 0 Å². The van der Waals surface area contributed by atoms with Crippen LogP contribution in [0.1, 0.15) is 18.6 Å². The van der Waals surface area contributed by atoms with E-state index in [0.717, 1.165) is 12.1 Å². The molecule has 0 radical (unpaired) electrons. The molecule has 0 fully saturated rings. The largest absolute Gasteiger partial charge is 0.573 e. The quantitative estimate of drug-likeness (QED) is 0.821. The second-order valence-corrected chi connectivity index (χ2v) is 3.34. The Labute approximate surface area is 96.1 Å². The normalized spacial score (nSPS) is 13.2. The highest BCUT2D eigenvalue weighted by Gasteiger charge is 2.31. The molecule has 0 spiro atoms. The lowest BCUT2D eigenvalue weighted by Gasteiger charge is -2.13. The average molecular weight is 248 g/mol. The number of methoxy groups -OCH3 is 1. The van der Waals surface area contributed by atoms with Crippen LogP contribution in [-0.2, 0) is 9.53 Å². The van der Waals surface area contributed by atoms with Crippen LogP contribution < -0.4 is 4.74 Å². The second kappa shape index (κ2) is 5.18. The van der Waals surface area contributed by atoms with Crippen LogP contribution in [0, 0.1) is 0 Å². The summed E-state index contributed by atoms with van der Waals surface area (Å²) in [6.07, 6.45) is -5.49. The minimum absolute atomic E-state index is 0.225. The Morgan fingerprint density at radius 1 is 1.24 bits per heavy atom. The number of hydrogen-bond acceptors (Lipinski definition) is 3. The molecule has 1 aromatic rings. The minimum atomic E-state index is -4.72. The third kappa shape index (κ3) is 4.07. The van der Waals surface area contributed by atoms with E-state index < -0.39 is 12.5 Å². The Morgan fingerprint density at radius 3 is 2.12 bits per heavy atom. The van der Waals surface area contributed by atoms with Crippen LogP contribution in [0.2, 0.25) is 0 Å². The number of ketones is 1. The zero-order chi connectivity index (χ0) is 13.1. The molecule has 0 aliphatic rings. The summed E-state index contributed by atoms with van der Waals surface area (Å²) in [4.78, 5) is 11.2. The number of Topliss-reactive ketones (excluding diaryl/α,β-unsaturated/α-hetero) is 1. The van der Waals surface area contributed by atoms with Gasteiger partial charge in [-0.25, -0.2) is 0 Å². The van der Waals surface area contributed by atoms with Gasteiger partial charge in [-0.1, -0.05) is 12.1 Å². The number of carbonyl (C=O) groups excluding carboxylic acids is 1. The van der Waals surface area contributed by atoms with Crippen LogP contribution in [0.25, 0.3) is 0 Å². The van der Waals surface area contributed by atoms with E-state index in [9.17, 15) is 18.0 Å². The molecule has 0 aliphatic heterocycles.